The van der Waals surface area contributed by atoms with Crippen LogP contribution in [0.5, 0.6) is 0 Å². The molecule has 2 aliphatic rings. The van der Waals surface area contributed by atoms with Crippen molar-refractivity contribution in [1.29, 1.82) is 0 Å². The SMILES string of the molecule is CCn1c(CN2CCC[C@@H](N3CCN(c4ccccc4)CC3)C2)nc2ccccc21. The monoisotopic (exact) mass is 403 g/mol. The Morgan fingerprint density at radius 2 is 1.67 bits per heavy atom. The van der Waals surface area contributed by atoms with Crippen molar-refractivity contribution in [1.82, 2.24) is 19.4 Å². The maximum Gasteiger partial charge on any atom is 0.124 e. The molecule has 0 aliphatic carbocycles. The summed E-state index contributed by atoms with van der Waals surface area (Å²) < 4.78 is 2.39. The molecule has 3 aromatic rings. The molecule has 5 heteroatoms. The lowest BCUT2D eigenvalue weighted by Crippen LogP contribution is -2.55. The van der Waals surface area contributed by atoms with Crippen LogP contribution in [0.4, 0.5) is 5.69 Å². The quantitative estimate of drug-likeness (QED) is 0.647. The van der Waals surface area contributed by atoms with Gasteiger partial charge in [0.2, 0.25) is 0 Å². The number of para-hydroxylation sites is 3. The van der Waals surface area contributed by atoms with E-state index in [1.165, 1.54) is 49.5 Å². The van der Waals surface area contributed by atoms with Gasteiger partial charge >= 0.3 is 0 Å². The van der Waals surface area contributed by atoms with E-state index in [0.717, 1.165) is 38.2 Å². The molecule has 3 heterocycles. The number of imidazole rings is 1. The Labute approximate surface area is 179 Å². The number of aryl methyl sites for hydroxylation is 1. The predicted octanol–water partition coefficient (Wildman–Crippen LogP) is 3.84. The number of hydrogen-bond acceptors (Lipinski definition) is 4. The van der Waals surface area contributed by atoms with Crippen LogP contribution in [0.1, 0.15) is 25.6 Å². The lowest BCUT2D eigenvalue weighted by molar-refractivity contribution is 0.0868. The number of anilines is 1. The van der Waals surface area contributed by atoms with Crippen molar-refractivity contribution in [3.8, 4) is 0 Å². The van der Waals surface area contributed by atoms with Gasteiger partial charge in [-0.15, -0.1) is 0 Å². The second-order valence-electron chi connectivity index (χ2n) is 8.65. The van der Waals surface area contributed by atoms with Crippen LogP contribution in [0.25, 0.3) is 11.0 Å². The molecule has 0 saturated carbocycles. The molecule has 158 valence electrons. The number of rotatable bonds is 5. The summed E-state index contributed by atoms with van der Waals surface area (Å²) in [7, 11) is 0. The zero-order chi connectivity index (χ0) is 20.3. The van der Waals surface area contributed by atoms with Crippen LogP contribution in [0.2, 0.25) is 0 Å². The molecule has 1 aromatic heterocycles. The summed E-state index contributed by atoms with van der Waals surface area (Å²) in [6.45, 7) is 11.1. The van der Waals surface area contributed by atoms with Gasteiger partial charge in [-0.1, -0.05) is 30.3 Å². The highest BCUT2D eigenvalue weighted by Crippen LogP contribution is 2.23. The predicted molar refractivity (Wildman–Crippen MR) is 124 cm³/mol. The molecule has 2 saturated heterocycles. The van der Waals surface area contributed by atoms with Crippen LogP contribution in [0.3, 0.4) is 0 Å². The lowest BCUT2D eigenvalue weighted by atomic mass is 10.0. The van der Waals surface area contributed by atoms with Gasteiger partial charge in [0, 0.05) is 51.0 Å². The topological polar surface area (TPSA) is 27.5 Å². The molecule has 0 N–H and O–H groups in total. The molecule has 2 aromatic carbocycles. The number of fused-ring (bicyclic) bond motifs is 1. The fourth-order valence-electron chi connectivity index (χ4n) is 5.26. The van der Waals surface area contributed by atoms with Crippen LogP contribution in [0, 0.1) is 0 Å². The normalized spacial score (nSPS) is 21.4. The molecule has 5 nitrogen and oxygen atoms in total. The zero-order valence-corrected chi connectivity index (χ0v) is 18.1. The van der Waals surface area contributed by atoms with Gasteiger partial charge < -0.3 is 9.47 Å². The highest BCUT2D eigenvalue weighted by molar-refractivity contribution is 5.75. The first kappa shape index (κ1) is 19.6. The van der Waals surface area contributed by atoms with Crippen molar-refractivity contribution in [3.63, 3.8) is 0 Å². The number of benzene rings is 2. The summed E-state index contributed by atoms with van der Waals surface area (Å²) in [5.74, 6) is 1.22. The van der Waals surface area contributed by atoms with Gasteiger partial charge in [0.15, 0.2) is 0 Å². The van der Waals surface area contributed by atoms with E-state index in [1.807, 2.05) is 0 Å². The molecule has 0 bridgehead atoms. The summed E-state index contributed by atoms with van der Waals surface area (Å²) >= 11 is 0. The van der Waals surface area contributed by atoms with Gasteiger partial charge in [-0.25, -0.2) is 4.98 Å². The summed E-state index contributed by atoms with van der Waals surface area (Å²) in [6, 6.07) is 20.1. The first-order valence-corrected chi connectivity index (χ1v) is 11.5. The maximum absolute atomic E-state index is 4.96. The molecule has 5 rings (SSSR count). The molecule has 0 radical (unpaired) electrons. The average molecular weight is 404 g/mol. The van der Waals surface area contributed by atoms with Crippen LogP contribution >= 0.6 is 0 Å². The fraction of sp³-hybridized carbons (Fsp3) is 0.480. The van der Waals surface area contributed by atoms with E-state index in [1.54, 1.807) is 0 Å². The van der Waals surface area contributed by atoms with Gasteiger partial charge in [-0.2, -0.15) is 0 Å². The van der Waals surface area contributed by atoms with E-state index in [-0.39, 0.29) is 0 Å². The largest absolute Gasteiger partial charge is 0.369 e. The summed E-state index contributed by atoms with van der Waals surface area (Å²) in [5, 5.41) is 0. The molecular weight excluding hydrogens is 370 g/mol. The van der Waals surface area contributed by atoms with E-state index < -0.39 is 0 Å². The highest BCUT2D eigenvalue weighted by Gasteiger charge is 2.28. The molecule has 30 heavy (non-hydrogen) atoms. The van der Waals surface area contributed by atoms with Crippen molar-refractivity contribution < 1.29 is 0 Å². The van der Waals surface area contributed by atoms with Crippen molar-refractivity contribution in [2.45, 2.75) is 38.9 Å². The summed E-state index contributed by atoms with van der Waals surface area (Å²) in [5.41, 5.74) is 3.75. The Kier molecular flexibility index (Phi) is 5.73. The van der Waals surface area contributed by atoms with E-state index in [9.17, 15) is 0 Å². The molecule has 2 fully saturated rings. The minimum absolute atomic E-state index is 0.677. The first-order chi connectivity index (χ1) is 14.8. The second kappa shape index (κ2) is 8.78. The van der Waals surface area contributed by atoms with Crippen molar-refractivity contribution >= 4 is 16.7 Å². The number of hydrogen-bond donors (Lipinski definition) is 0. The summed E-state index contributed by atoms with van der Waals surface area (Å²) in [4.78, 5) is 12.8. The molecule has 0 unspecified atom stereocenters. The minimum atomic E-state index is 0.677. The standard InChI is InChI=1S/C25H33N5/c1-2-30-24-13-7-6-12-23(24)26-25(30)20-27-14-8-11-22(19-27)29-17-15-28(16-18-29)21-9-4-3-5-10-21/h3-7,9-10,12-13,22H,2,8,11,14-20H2,1H3/t22-/m1/s1. The smallest absolute Gasteiger partial charge is 0.124 e. The van der Waals surface area contributed by atoms with Gasteiger partial charge in [0.25, 0.3) is 0 Å². The third-order valence-corrected chi connectivity index (χ3v) is 6.85. The third-order valence-electron chi connectivity index (χ3n) is 6.85. The highest BCUT2D eigenvalue weighted by atomic mass is 15.3. The third kappa shape index (κ3) is 3.96. The molecule has 2 aliphatic heterocycles. The average Bonchev–Trinajstić information content (AvgIpc) is 3.17. The van der Waals surface area contributed by atoms with Gasteiger partial charge in [-0.3, -0.25) is 9.80 Å². The molecular formula is C25H33N5. The summed E-state index contributed by atoms with van der Waals surface area (Å²) in [6.07, 6.45) is 2.61. The number of aromatic nitrogens is 2. The Morgan fingerprint density at radius 3 is 2.47 bits per heavy atom. The van der Waals surface area contributed by atoms with Crippen LogP contribution in [-0.4, -0.2) is 64.7 Å². The fourth-order valence-corrected chi connectivity index (χ4v) is 5.26. The van der Waals surface area contributed by atoms with Gasteiger partial charge in [-0.05, 0) is 50.6 Å². The van der Waals surface area contributed by atoms with Crippen molar-refractivity contribution in [2.24, 2.45) is 0 Å². The Morgan fingerprint density at radius 1 is 0.900 bits per heavy atom. The van der Waals surface area contributed by atoms with Gasteiger partial charge in [0.05, 0.1) is 17.6 Å². The lowest BCUT2D eigenvalue weighted by Gasteiger charge is -2.44. The van der Waals surface area contributed by atoms with E-state index in [2.05, 4.69) is 80.8 Å². The number of likely N-dealkylation sites (tertiary alicyclic amines) is 1. The van der Waals surface area contributed by atoms with Crippen LogP contribution in [0.15, 0.2) is 54.6 Å². The first-order valence-electron chi connectivity index (χ1n) is 11.5. The van der Waals surface area contributed by atoms with Crippen LogP contribution < -0.4 is 4.90 Å². The molecule has 0 amide bonds. The molecule has 0 spiro atoms. The number of nitrogens with zero attached hydrogens (tertiary/aromatic N) is 5. The van der Waals surface area contributed by atoms with Crippen molar-refractivity contribution in [3.05, 3.63) is 60.4 Å². The number of piperazine rings is 1. The molecule has 1 atom stereocenters. The van der Waals surface area contributed by atoms with Crippen molar-refractivity contribution in [2.75, 3.05) is 44.2 Å². The van der Waals surface area contributed by atoms with E-state index in [4.69, 9.17) is 4.98 Å². The zero-order valence-electron chi connectivity index (χ0n) is 18.1. The van der Waals surface area contributed by atoms with Gasteiger partial charge in [0.1, 0.15) is 5.82 Å². The van der Waals surface area contributed by atoms with E-state index in [0.29, 0.717) is 6.04 Å². The second-order valence-corrected chi connectivity index (χ2v) is 8.65. The van der Waals surface area contributed by atoms with Crippen LogP contribution in [-0.2, 0) is 13.1 Å². The Hall–Kier alpha value is -2.37. The Balaban J connectivity index is 1.22. The van der Waals surface area contributed by atoms with E-state index >= 15 is 0 Å². The Bertz CT molecular complexity index is 958. The minimum Gasteiger partial charge on any atom is -0.369 e. The maximum atomic E-state index is 4.96. The number of piperidine rings is 1.